The van der Waals surface area contributed by atoms with Crippen LogP contribution in [0.3, 0.4) is 0 Å². The van der Waals surface area contributed by atoms with E-state index in [1.807, 2.05) is 43.4 Å². The van der Waals surface area contributed by atoms with Gasteiger partial charge in [0.05, 0.1) is 5.56 Å². The van der Waals surface area contributed by atoms with Crippen molar-refractivity contribution in [2.75, 3.05) is 60.4 Å². The lowest BCUT2D eigenvalue weighted by Gasteiger charge is -2.48. The molecule has 190 valence electrons. The van der Waals surface area contributed by atoms with E-state index in [1.165, 1.54) is 38.1 Å². The van der Waals surface area contributed by atoms with E-state index in [-0.39, 0.29) is 17.6 Å². The summed E-state index contributed by atoms with van der Waals surface area (Å²) in [5.41, 5.74) is 1.75. The fraction of sp³-hybridized carbons (Fsp3) is 0.536. The van der Waals surface area contributed by atoms with E-state index in [2.05, 4.69) is 44.7 Å². The second-order valence-electron chi connectivity index (χ2n) is 10.3. The van der Waals surface area contributed by atoms with Crippen molar-refractivity contribution in [1.29, 1.82) is 0 Å². The first kappa shape index (κ1) is 26.3. The molecule has 0 unspecified atom stereocenters. The number of carbonyl (C=O) groups is 1. The molecule has 4 rings (SSSR count). The van der Waals surface area contributed by atoms with Crippen LogP contribution in [0.25, 0.3) is 0 Å². The summed E-state index contributed by atoms with van der Waals surface area (Å²) < 4.78 is 14.4. The molecule has 0 spiro atoms. The first-order valence-electron chi connectivity index (χ1n) is 12.7. The number of hydrogen-bond donors (Lipinski definition) is 0. The maximum Gasteiger partial charge on any atom is 0.254 e. The average Bonchev–Trinajstić information content (AvgIpc) is 2.83. The molecule has 0 bridgehead atoms. The van der Waals surface area contributed by atoms with Crippen molar-refractivity contribution in [2.24, 2.45) is 0 Å². The fourth-order valence-corrected chi connectivity index (χ4v) is 5.87. The van der Waals surface area contributed by atoms with Crippen LogP contribution in [0.5, 0.6) is 0 Å². The van der Waals surface area contributed by atoms with Crippen molar-refractivity contribution in [3.63, 3.8) is 0 Å². The molecule has 1 amide bonds. The number of piperidine rings is 1. The van der Waals surface area contributed by atoms with Crippen molar-refractivity contribution in [3.8, 4) is 0 Å². The van der Waals surface area contributed by atoms with E-state index in [0.29, 0.717) is 18.2 Å². The molecule has 2 aromatic carbocycles. The number of amides is 1. The van der Waals surface area contributed by atoms with E-state index in [0.717, 1.165) is 42.1 Å². The second-order valence-corrected chi connectivity index (χ2v) is 11.2. The average molecular weight is 546 g/mol. The Labute approximate surface area is 218 Å². The molecular formula is C28H38BrFN4O. The molecule has 2 heterocycles. The number of likely N-dealkylation sites (N-methyl/N-ethyl adjacent to an activating group) is 1. The Morgan fingerprint density at radius 1 is 1.06 bits per heavy atom. The Morgan fingerprint density at radius 2 is 1.71 bits per heavy atom. The summed E-state index contributed by atoms with van der Waals surface area (Å²) in [5, 5.41) is 0. The van der Waals surface area contributed by atoms with Gasteiger partial charge in [-0.3, -0.25) is 9.69 Å². The van der Waals surface area contributed by atoms with Gasteiger partial charge in [-0.05, 0) is 85.7 Å². The van der Waals surface area contributed by atoms with E-state index < -0.39 is 0 Å². The highest BCUT2D eigenvalue weighted by Crippen LogP contribution is 2.27. The molecule has 2 aliphatic heterocycles. The summed E-state index contributed by atoms with van der Waals surface area (Å²) >= 11 is 3.50. The first-order valence-corrected chi connectivity index (χ1v) is 13.5. The molecule has 2 fully saturated rings. The van der Waals surface area contributed by atoms with E-state index in [1.54, 1.807) is 4.90 Å². The molecule has 0 saturated carbocycles. The maximum atomic E-state index is 13.6. The number of rotatable bonds is 9. The molecule has 1 atom stereocenters. The van der Waals surface area contributed by atoms with Gasteiger partial charge in [-0.1, -0.05) is 24.3 Å². The Morgan fingerprint density at radius 3 is 2.34 bits per heavy atom. The number of benzene rings is 2. The van der Waals surface area contributed by atoms with Gasteiger partial charge in [-0.25, -0.2) is 4.39 Å². The van der Waals surface area contributed by atoms with Crippen LogP contribution in [-0.4, -0.2) is 98.0 Å². The minimum absolute atomic E-state index is 0.00488. The van der Waals surface area contributed by atoms with Crippen LogP contribution in [0, 0.1) is 5.82 Å². The molecule has 0 N–H and O–H groups in total. The summed E-state index contributed by atoms with van der Waals surface area (Å²) in [4.78, 5) is 22.4. The van der Waals surface area contributed by atoms with E-state index in [4.69, 9.17) is 0 Å². The van der Waals surface area contributed by atoms with Crippen LogP contribution in [0.15, 0.2) is 53.0 Å². The normalized spacial score (nSPS) is 19.0. The van der Waals surface area contributed by atoms with Crippen LogP contribution in [-0.2, 0) is 0 Å². The third-order valence-corrected chi connectivity index (χ3v) is 8.46. The molecule has 2 aliphatic rings. The highest BCUT2D eigenvalue weighted by atomic mass is 79.9. The third-order valence-electron chi connectivity index (χ3n) is 7.76. The predicted octanol–water partition coefficient (Wildman–Crippen LogP) is 4.54. The number of halogens is 2. The quantitative estimate of drug-likeness (QED) is 0.463. The fourth-order valence-electron chi connectivity index (χ4n) is 5.41. The first-order chi connectivity index (χ1) is 16.8. The van der Waals surface area contributed by atoms with Crippen LogP contribution in [0.4, 0.5) is 4.39 Å². The molecule has 2 saturated heterocycles. The van der Waals surface area contributed by atoms with E-state index in [9.17, 15) is 9.18 Å². The van der Waals surface area contributed by atoms with Crippen LogP contribution in [0.2, 0.25) is 0 Å². The SMILES string of the molecule is CN(C[C@@H](CCN1CC(N2CCC(N(C)C)CC2)C1)c1ccc(F)cc1)C(=O)c1ccccc1Br. The lowest BCUT2D eigenvalue weighted by Crippen LogP contribution is -2.61. The topological polar surface area (TPSA) is 30.0 Å². The van der Waals surface area contributed by atoms with Crippen LogP contribution >= 0.6 is 15.9 Å². The standard InChI is InChI=1S/C28H38BrFN4O/c1-31(2)24-13-16-34(17-14-24)25-19-33(20-25)15-12-22(21-8-10-23(30)11-9-21)18-32(3)28(35)26-6-4-5-7-27(26)29/h4-11,22,24-25H,12-20H2,1-3H3/t22-/m1/s1. The third kappa shape index (κ3) is 6.70. The van der Waals surface area contributed by atoms with Crippen molar-refractivity contribution in [2.45, 2.75) is 37.3 Å². The lowest BCUT2D eigenvalue weighted by atomic mass is 9.93. The zero-order chi connectivity index (χ0) is 24.9. The van der Waals surface area contributed by atoms with Crippen molar-refractivity contribution < 1.29 is 9.18 Å². The Hall–Kier alpha value is -1.80. The minimum Gasteiger partial charge on any atom is -0.341 e. The van der Waals surface area contributed by atoms with Crippen molar-refractivity contribution in [3.05, 3.63) is 69.9 Å². The van der Waals surface area contributed by atoms with Crippen LogP contribution in [0.1, 0.15) is 41.1 Å². The molecule has 2 aromatic rings. The van der Waals surface area contributed by atoms with Gasteiger partial charge in [0.2, 0.25) is 0 Å². The summed E-state index contributed by atoms with van der Waals surface area (Å²) in [6, 6.07) is 15.7. The summed E-state index contributed by atoms with van der Waals surface area (Å²) in [5.74, 6) is -0.0783. The maximum absolute atomic E-state index is 13.6. The smallest absolute Gasteiger partial charge is 0.254 e. The lowest BCUT2D eigenvalue weighted by molar-refractivity contribution is 0.00874. The monoisotopic (exact) mass is 544 g/mol. The van der Waals surface area contributed by atoms with E-state index >= 15 is 0 Å². The zero-order valence-electron chi connectivity index (χ0n) is 21.2. The number of likely N-dealkylation sites (tertiary alicyclic amines) is 2. The Bertz CT molecular complexity index is 971. The van der Waals surface area contributed by atoms with Gasteiger partial charge in [0.1, 0.15) is 5.82 Å². The Balaban J connectivity index is 1.32. The van der Waals surface area contributed by atoms with Gasteiger partial charge < -0.3 is 14.7 Å². The number of hydrogen-bond acceptors (Lipinski definition) is 4. The second kappa shape index (κ2) is 12.0. The Kier molecular flexibility index (Phi) is 8.97. The van der Waals surface area contributed by atoms with Gasteiger partial charge in [0.15, 0.2) is 0 Å². The molecule has 7 heteroatoms. The van der Waals surface area contributed by atoms with Gasteiger partial charge in [-0.15, -0.1) is 0 Å². The molecule has 5 nitrogen and oxygen atoms in total. The van der Waals surface area contributed by atoms with Crippen molar-refractivity contribution in [1.82, 2.24) is 19.6 Å². The van der Waals surface area contributed by atoms with Gasteiger partial charge in [0, 0.05) is 62.2 Å². The number of carbonyl (C=O) groups excluding carboxylic acids is 1. The largest absolute Gasteiger partial charge is 0.341 e. The minimum atomic E-state index is -0.228. The molecule has 0 aliphatic carbocycles. The zero-order valence-corrected chi connectivity index (χ0v) is 22.8. The van der Waals surface area contributed by atoms with Crippen LogP contribution < -0.4 is 0 Å². The molecule has 35 heavy (non-hydrogen) atoms. The molecular weight excluding hydrogens is 507 g/mol. The summed E-state index contributed by atoms with van der Waals surface area (Å²) in [6.45, 7) is 6.22. The summed E-state index contributed by atoms with van der Waals surface area (Å²) in [6.07, 6.45) is 3.46. The van der Waals surface area contributed by atoms with Crippen molar-refractivity contribution >= 4 is 21.8 Å². The van der Waals surface area contributed by atoms with Gasteiger partial charge >= 0.3 is 0 Å². The summed E-state index contributed by atoms with van der Waals surface area (Å²) in [7, 11) is 6.23. The highest BCUT2D eigenvalue weighted by Gasteiger charge is 2.34. The molecule has 0 aromatic heterocycles. The highest BCUT2D eigenvalue weighted by molar-refractivity contribution is 9.10. The predicted molar refractivity (Wildman–Crippen MR) is 143 cm³/mol. The van der Waals surface area contributed by atoms with Gasteiger partial charge in [-0.2, -0.15) is 0 Å². The van der Waals surface area contributed by atoms with Gasteiger partial charge in [0.25, 0.3) is 5.91 Å². The number of nitrogens with zero attached hydrogens (tertiary/aromatic N) is 4. The molecule has 0 radical (unpaired) electrons.